The van der Waals surface area contributed by atoms with Gasteiger partial charge >= 0.3 is 0 Å². The molecule has 5 aromatic rings. The monoisotopic (exact) mass is 561 g/mol. The van der Waals surface area contributed by atoms with Gasteiger partial charge in [-0.05, 0) is 38.8 Å². The van der Waals surface area contributed by atoms with Crippen LogP contribution in [0.5, 0.6) is 0 Å². The third kappa shape index (κ3) is 4.70. The van der Waals surface area contributed by atoms with E-state index in [2.05, 4.69) is 30.5 Å². The number of hydrogen-bond acceptors (Lipinski definition) is 9. The van der Waals surface area contributed by atoms with Crippen molar-refractivity contribution in [3.8, 4) is 10.6 Å². The number of carbonyl (C=O) groups is 3. The lowest BCUT2D eigenvalue weighted by Crippen LogP contribution is -2.32. The van der Waals surface area contributed by atoms with Crippen molar-refractivity contribution in [1.82, 2.24) is 34.3 Å². The van der Waals surface area contributed by atoms with Crippen molar-refractivity contribution in [1.29, 1.82) is 0 Å². The van der Waals surface area contributed by atoms with Crippen molar-refractivity contribution >= 4 is 50.7 Å². The predicted octanol–water partition coefficient (Wildman–Crippen LogP) is 2.89. The fourth-order valence-electron chi connectivity index (χ4n) is 5.07. The molecule has 6 rings (SSSR count). The summed E-state index contributed by atoms with van der Waals surface area (Å²) < 4.78 is 17.8. The quantitative estimate of drug-likeness (QED) is 0.306. The molecule has 5 aromatic heterocycles. The molecule has 0 bridgehead atoms. The Bertz CT molecular complexity index is 1810. The fourth-order valence-corrected chi connectivity index (χ4v) is 6.10. The average Bonchev–Trinajstić information content (AvgIpc) is 3.66. The molecule has 1 unspecified atom stereocenters. The molecule has 204 valence electrons. The van der Waals surface area contributed by atoms with Crippen molar-refractivity contribution in [2.24, 2.45) is 17.6 Å². The van der Waals surface area contributed by atoms with Crippen molar-refractivity contribution in [3.63, 3.8) is 0 Å². The van der Waals surface area contributed by atoms with Gasteiger partial charge in [0.1, 0.15) is 28.2 Å². The molecule has 0 aliphatic heterocycles. The number of nitrogens with two attached hydrogens (primary N) is 1. The van der Waals surface area contributed by atoms with E-state index in [-0.39, 0.29) is 30.9 Å². The van der Waals surface area contributed by atoms with Gasteiger partial charge in [0.15, 0.2) is 22.8 Å². The topological polar surface area (TPSA) is 163 Å². The maximum atomic E-state index is 14.5. The summed E-state index contributed by atoms with van der Waals surface area (Å²) in [5.41, 5.74) is 8.70. The second kappa shape index (κ2) is 9.86. The van der Waals surface area contributed by atoms with E-state index in [9.17, 15) is 18.8 Å². The second-order valence-electron chi connectivity index (χ2n) is 9.87. The highest BCUT2D eigenvalue weighted by atomic mass is 32.1. The number of carbonyl (C=O) groups excluding carboxylic acids is 3. The first kappa shape index (κ1) is 25.7. The Labute approximate surface area is 230 Å². The number of amides is 2. The van der Waals surface area contributed by atoms with Gasteiger partial charge in [-0.25, -0.2) is 28.5 Å². The molecule has 5 heterocycles. The van der Waals surface area contributed by atoms with E-state index in [4.69, 9.17) is 5.73 Å². The zero-order chi connectivity index (χ0) is 28.1. The molecule has 0 radical (unpaired) electrons. The Hall–Kier alpha value is -4.59. The number of aromatic nitrogens is 7. The minimum Gasteiger partial charge on any atom is -0.364 e. The van der Waals surface area contributed by atoms with Crippen LogP contribution in [0.15, 0.2) is 36.7 Å². The molecule has 3 atom stereocenters. The first-order valence-electron chi connectivity index (χ1n) is 12.6. The minimum atomic E-state index is -1.30. The molecule has 0 saturated heterocycles. The van der Waals surface area contributed by atoms with Crippen LogP contribution >= 0.6 is 11.3 Å². The number of thiazole rings is 1. The lowest BCUT2D eigenvalue weighted by Gasteiger charge is -2.17. The van der Waals surface area contributed by atoms with Crippen LogP contribution in [-0.2, 0) is 16.1 Å². The maximum absolute atomic E-state index is 14.5. The van der Waals surface area contributed by atoms with Gasteiger partial charge in [-0.1, -0.05) is 6.07 Å². The van der Waals surface area contributed by atoms with Gasteiger partial charge in [-0.2, -0.15) is 10.2 Å². The number of nitrogens with one attached hydrogen (secondary N) is 1. The molecule has 1 aliphatic carbocycles. The van der Waals surface area contributed by atoms with Crippen LogP contribution in [0, 0.1) is 25.7 Å². The molecule has 40 heavy (non-hydrogen) atoms. The van der Waals surface area contributed by atoms with Crippen LogP contribution in [0.3, 0.4) is 0 Å². The first-order valence-corrected chi connectivity index (χ1v) is 13.4. The summed E-state index contributed by atoms with van der Waals surface area (Å²) in [6.07, 6.45) is 1.97. The van der Waals surface area contributed by atoms with Crippen molar-refractivity contribution < 1.29 is 18.8 Å². The van der Waals surface area contributed by atoms with Gasteiger partial charge in [-0.15, -0.1) is 11.3 Å². The number of primary amides is 1. The molecular formula is C26H24FN9O3S. The standard InChI is InChI=1S/C26H24FN9O3S/c1-12-4-3-5-19(30-12)31-25(39)17-8-15(27)7-16(17)18(37)11-36-24-22(21(34-36)23(28)38)40-26(32-24)14-9-29-20-6-13(2)33-35(20)10-14/h3-6,9-10,15-17H,7-8,11H2,1-2H3,(H2,28,38)(H,30,31,39)/t15-,16?,17+/m0/s1. The molecule has 0 aromatic carbocycles. The maximum Gasteiger partial charge on any atom is 0.270 e. The summed E-state index contributed by atoms with van der Waals surface area (Å²) in [6, 6.07) is 7.01. The van der Waals surface area contributed by atoms with E-state index >= 15 is 0 Å². The summed E-state index contributed by atoms with van der Waals surface area (Å²) in [7, 11) is 0. The van der Waals surface area contributed by atoms with E-state index in [1.165, 1.54) is 16.0 Å². The summed E-state index contributed by atoms with van der Waals surface area (Å²) in [5.74, 6) is -3.02. The van der Waals surface area contributed by atoms with Gasteiger partial charge in [0.25, 0.3) is 5.91 Å². The molecule has 2 amide bonds. The van der Waals surface area contributed by atoms with E-state index in [1.54, 1.807) is 42.0 Å². The number of Topliss-reactive ketones (excluding diaryl/α,β-unsaturated/α-hetero) is 1. The number of aryl methyl sites for hydroxylation is 2. The van der Waals surface area contributed by atoms with Crippen molar-refractivity contribution in [3.05, 3.63) is 53.7 Å². The number of fused-ring (bicyclic) bond motifs is 2. The number of nitrogens with zero attached hydrogens (tertiary/aromatic N) is 7. The average molecular weight is 562 g/mol. The fraction of sp³-hybridized carbons (Fsp3) is 0.308. The number of pyridine rings is 1. The van der Waals surface area contributed by atoms with Crippen molar-refractivity contribution in [2.75, 3.05) is 5.32 Å². The molecule has 1 aliphatic rings. The number of halogens is 1. The Balaban J connectivity index is 1.28. The van der Waals surface area contributed by atoms with Gasteiger partial charge < -0.3 is 11.1 Å². The van der Waals surface area contributed by atoms with Gasteiger partial charge in [0.2, 0.25) is 5.91 Å². The van der Waals surface area contributed by atoms with Crippen molar-refractivity contribution in [2.45, 2.75) is 39.4 Å². The summed E-state index contributed by atoms with van der Waals surface area (Å²) in [5, 5.41) is 11.9. The Morgan fingerprint density at radius 1 is 1.12 bits per heavy atom. The Kier molecular flexibility index (Phi) is 6.33. The van der Waals surface area contributed by atoms with Gasteiger partial charge in [-0.3, -0.25) is 14.4 Å². The zero-order valence-corrected chi connectivity index (χ0v) is 22.4. The minimum absolute atomic E-state index is 0.0230. The summed E-state index contributed by atoms with van der Waals surface area (Å²) >= 11 is 1.19. The van der Waals surface area contributed by atoms with E-state index in [1.807, 2.05) is 13.0 Å². The molecule has 14 heteroatoms. The largest absolute Gasteiger partial charge is 0.364 e. The third-order valence-corrected chi connectivity index (χ3v) is 8.01. The van der Waals surface area contributed by atoms with Crippen LogP contribution in [0.25, 0.3) is 26.6 Å². The number of alkyl halides is 1. The SMILES string of the molecule is Cc1cccc(NC(=O)[C@@H]2C[C@@H](F)CC2C(=O)Cn2nc(C(N)=O)c3sc(-c4cnc5cc(C)nn5c4)nc32)n1. The lowest BCUT2D eigenvalue weighted by atomic mass is 9.91. The summed E-state index contributed by atoms with van der Waals surface area (Å²) in [4.78, 5) is 51.9. The normalized spacial score (nSPS) is 18.9. The highest BCUT2D eigenvalue weighted by Gasteiger charge is 2.43. The molecule has 1 fully saturated rings. The molecular weight excluding hydrogens is 537 g/mol. The molecule has 0 spiro atoms. The number of anilines is 1. The summed E-state index contributed by atoms with van der Waals surface area (Å²) in [6.45, 7) is 3.35. The zero-order valence-electron chi connectivity index (χ0n) is 21.5. The van der Waals surface area contributed by atoms with Crippen LogP contribution < -0.4 is 11.1 Å². The first-order chi connectivity index (χ1) is 19.2. The van der Waals surface area contributed by atoms with Crippen LogP contribution in [-0.4, -0.2) is 58.1 Å². The Morgan fingerprint density at radius 3 is 2.70 bits per heavy atom. The Morgan fingerprint density at radius 2 is 1.93 bits per heavy atom. The highest BCUT2D eigenvalue weighted by molar-refractivity contribution is 7.22. The molecule has 1 saturated carbocycles. The second-order valence-corrected chi connectivity index (χ2v) is 10.9. The number of rotatable bonds is 7. The van der Waals surface area contributed by atoms with Crippen LogP contribution in [0.4, 0.5) is 10.2 Å². The number of ketones is 1. The lowest BCUT2D eigenvalue weighted by molar-refractivity contribution is -0.130. The molecule has 3 N–H and O–H groups in total. The van der Waals surface area contributed by atoms with Crippen LogP contribution in [0.2, 0.25) is 0 Å². The van der Waals surface area contributed by atoms with Gasteiger partial charge in [0, 0.05) is 35.6 Å². The predicted molar refractivity (Wildman–Crippen MR) is 144 cm³/mol. The van der Waals surface area contributed by atoms with Gasteiger partial charge in [0.05, 0.1) is 11.6 Å². The van der Waals surface area contributed by atoms with E-state index in [0.29, 0.717) is 38.1 Å². The number of hydrogen-bond donors (Lipinski definition) is 2. The third-order valence-electron chi connectivity index (χ3n) is 6.91. The van der Waals surface area contributed by atoms with Crippen LogP contribution in [0.1, 0.15) is 34.7 Å². The highest BCUT2D eigenvalue weighted by Crippen LogP contribution is 2.37. The molecule has 12 nitrogen and oxygen atoms in total. The smallest absolute Gasteiger partial charge is 0.270 e. The van der Waals surface area contributed by atoms with E-state index < -0.39 is 29.8 Å². The van der Waals surface area contributed by atoms with E-state index in [0.717, 1.165) is 5.69 Å².